The first kappa shape index (κ1) is 15.8. The maximum atomic E-state index is 12.2. The zero-order chi connectivity index (χ0) is 15.4. The zero-order valence-electron chi connectivity index (χ0n) is 12.3. The number of aryl methyl sites for hydroxylation is 1. The van der Waals surface area contributed by atoms with Crippen molar-refractivity contribution in [2.45, 2.75) is 26.9 Å². The molecule has 0 saturated heterocycles. The summed E-state index contributed by atoms with van der Waals surface area (Å²) in [6.07, 6.45) is 0.124. The first-order chi connectivity index (χ1) is 9.95. The van der Waals surface area contributed by atoms with E-state index in [-0.39, 0.29) is 12.0 Å². The first-order valence-electron chi connectivity index (χ1n) is 6.80. The summed E-state index contributed by atoms with van der Waals surface area (Å²) in [5.74, 6) is 0.650. The molecule has 2 aromatic carbocycles. The number of carbonyl (C=O) groups excluding carboxylic acids is 1. The van der Waals surface area contributed by atoms with Crippen molar-refractivity contribution in [2.24, 2.45) is 0 Å². The largest absolute Gasteiger partial charge is 0.491 e. The number of carbonyl (C=O) groups is 1. The Morgan fingerprint density at radius 2 is 1.81 bits per heavy atom. The number of benzene rings is 2. The van der Waals surface area contributed by atoms with Crippen LogP contribution in [0.15, 0.2) is 42.5 Å². The molecule has 1 amide bonds. The lowest BCUT2D eigenvalue weighted by atomic mass is 10.2. The van der Waals surface area contributed by atoms with Crippen LogP contribution in [0.5, 0.6) is 5.75 Å². The van der Waals surface area contributed by atoms with Crippen molar-refractivity contribution in [1.82, 2.24) is 0 Å². The van der Waals surface area contributed by atoms with Gasteiger partial charge in [0.2, 0.25) is 0 Å². The molecule has 2 rings (SSSR count). The van der Waals surface area contributed by atoms with E-state index in [2.05, 4.69) is 27.9 Å². The van der Waals surface area contributed by atoms with Crippen molar-refractivity contribution in [3.63, 3.8) is 0 Å². The van der Waals surface area contributed by atoms with E-state index in [0.29, 0.717) is 5.56 Å². The van der Waals surface area contributed by atoms with Crippen molar-refractivity contribution < 1.29 is 9.53 Å². The summed E-state index contributed by atoms with van der Waals surface area (Å²) in [4.78, 5) is 12.2. The van der Waals surface area contributed by atoms with Crippen LogP contribution in [0, 0.1) is 10.5 Å². The van der Waals surface area contributed by atoms with Gasteiger partial charge in [-0.25, -0.2) is 0 Å². The highest BCUT2D eigenvalue weighted by Crippen LogP contribution is 2.19. The van der Waals surface area contributed by atoms with Crippen LogP contribution < -0.4 is 10.1 Å². The second-order valence-corrected chi connectivity index (χ2v) is 6.27. The molecule has 0 aromatic heterocycles. The second-order valence-electron chi connectivity index (χ2n) is 5.11. The molecule has 0 heterocycles. The van der Waals surface area contributed by atoms with Gasteiger partial charge in [-0.15, -0.1) is 0 Å². The Morgan fingerprint density at radius 3 is 2.38 bits per heavy atom. The molecule has 110 valence electrons. The van der Waals surface area contributed by atoms with Gasteiger partial charge in [0.05, 0.1) is 6.10 Å². The van der Waals surface area contributed by atoms with Gasteiger partial charge in [-0.2, -0.15) is 0 Å². The SMILES string of the molecule is Cc1ccc(NC(=O)c2ccc(OC(C)C)cc2)cc1I. The number of amides is 1. The van der Waals surface area contributed by atoms with E-state index < -0.39 is 0 Å². The van der Waals surface area contributed by atoms with E-state index in [1.807, 2.05) is 51.1 Å². The maximum absolute atomic E-state index is 12.2. The third kappa shape index (κ3) is 4.46. The average Bonchev–Trinajstić information content (AvgIpc) is 2.43. The molecule has 21 heavy (non-hydrogen) atoms. The van der Waals surface area contributed by atoms with Gasteiger partial charge >= 0.3 is 0 Å². The summed E-state index contributed by atoms with van der Waals surface area (Å²) < 4.78 is 6.69. The Kier molecular flexibility index (Phi) is 5.22. The summed E-state index contributed by atoms with van der Waals surface area (Å²) in [6.45, 7) is 5.99. The van der Waals surface area contributed by atoms with Gasteiger partial charge in [0, 0.05) is 14.8 Å². The van der Waals surface area contributed by atoms with E-state index in [9.17, 15) is 4.79 Å². The van der Waals surface area contributed by atoms with Crippen LogP contribution in [-0.4, -0.2) is 12.0 Å². The summed E-state index contributed by atoms with van der Waals surface area (Å²) >= 11 is 2.26. The van der Waals surface area contributed by atoms with Crippen LogP contribution in [0.2, 0.25) is 0 Å². The number of rotatable bonds is 4. The monoisotopic (exact) mass is 395 g/mol. The van der Waals surface area contributed by atoms with E-state index in [0.717, 1.165) is 15.0 Å². The quantitative estimate of drug-likeness (QED) is 0.767. The molecule has 0 aliphatic heterocycles. The standard InChI is InChI=1S/C17H18INO2/c1-11(2)21-15-8-5-13(6-9-15)17(20)19-14-7-4-12(3)16(18)10-14/h4-11H,1-3H3,(H,19,20). The Bertz CT molecular complexity index is 636. The molecular formula is C17H18INO2. The minimum Gasteiger partial charge on any atom is -0.491 e. The number of ether oxygens (including phenoxy) is 1. The van der Waals surface area contributed by atoms with Crippen molar-refractivity contribution >= 4 is 34.2 Å². The molecule has 1 N–H and O–H groups in total. The van der Waals surface area contributed by atoms with E-state index in [1.54, 1.807) is 12.1 Å². The van der Waals surface area contributed by atoms with Crippen molar-refractivity contribution in [3.05, 3.63) is 57.2 Å². The lowest BCUT2D eigenvalue weighted by molar-refractivity contribution is 0.102. The molecule has 0 radical (unpaired) electrons. The molecular weight excluding hydrogens is 377 g/mol. The minimum atomic E-state index is -0.120. The van der Waals surface area contributed by atoms with Gasteiger partial charge in [-0.1, -0.05) is 6.07 Å². The molecule has 0 fully saturated rings. The Labute approximate surface area is 138 Å². The molecule has 0 saturated carbocycles. The van der Waals surface area contributed by atoms with Gasteiger partial charge in [-0.05, 0) is 85.3 Å². The molecule has 0 unspecified atom stereocenters. The van der Waals surface area contributed by atoms with Crippen molar-refractivity contribution in [3.8, 4) is 5.75 Å². The van der Waals surface area contributed by atoms with Gasteiger partial charge < -0.3 is 10.1 Å². The molecule has 0 aliphatic rings. The fourth-order valence-electron chi connectivity index (χ4n) is 1.83. The first-order valence-corrected chi connectivity index (χ1v) is 7.88. The number of hydrogen-bond donors (Lipinski definition) is 1. The number of halogens is 1. The van der Waals surface area contributed by atoms with Crippen LogP contribution in [-0.2, 0) is 0 Å². The van der Waals surface area contributed by atoms with Gasteiger partial charge in [0.15, 0.2) is 0 Å². The zero-order valence-corrected chi connectivity index (χ0v) is 14.5. The normalized spacial score (nSPS) is 10.5. The lowest BCUT2D eigenvalue weighted by Gasteiger charge is -2.10. The number of hydrogen-bond acceptors (Lipinski definition) is 2. The fourth-order valence-corrected chi connectivity index (χ4v) is 2.35. The van der Waals surface area contributed by atoms with Crippen LogP contribution in [0.1, 0.15) is 29.8 Å². The molecule has 2 aromatic rings. The van der Waals surface area contributed by atoms with E-state index >= 15 is 0 Å². The van der Waals surface area contributed by atoms with Gasteiger partial charge in [0.1, 0.15) is 5.75 Å². The molecule has 3 nitrogen and oxygen atoms in total. The lowest BCUT2D eigenvalue weighted by Crippen LogP contribution is -2.12. The van der Waals surface area contributed by atoms with Crippen molar-refractivity contribution in [2.75, 3.05) is 5.32 Å². The van der Waals surface area contributed by atoms with Gasteiger partial charge in [-0.3, -0.25) is 4.79 Å². The van der Waals surface area contributed by atoms with E-state index in [1.165, 1.54) is 5.56 Å². The number of anilines is 1. The highest BCUT2D eigenvalue weighted by Gasteiger charge is 2.07. The Balaban J connectivity index is 2.07. The third-order valence-corrected chi connectivity index (χ3v) is 4.08. The molecule has 4 heteroatoms. The second kappa shape index (κ2) is 6.93. The van der Waals surface area contributed by atoms with Crippen LogP contribution in [0.4, 0.5) is 5.69 Å². The number of nitrogens with one attached hydrogen (secondary N) is 1. The summed E-state index contributed by atoms with van der Waals surface area (Å²) in [7, 11) is 0. The smallest absolute Gasteiger partial charge is 0.255 e. The molecule has 0 atom stereocenters. The van der Waals surface area contributed by atoms with Crippen molar-refractivity contribution in [1.29, 1.82) is 0 Å². The molecule has 0 spiro atoms. The Morgan fingerprint density at radius 1 is 1.14 bits per heavy atom. The minimum absolute atomic E-state index is 0.120. The Hall–Kier alpha value is -1.56. The third-order valence-electron chi connectivity index (χ3n) is 2.92. The predicted molar refractivity (Wildman–Crippen MR) is 94.1 cm³/mol. The highest BCUT2D eigenvalue weighted by molar-refractivity contribution is 14.1. The van der Waals surface area contributed by atoms with Gasteiger partial charge in [0.25, 0.3) is 5.91 Å². The fraction of sp³-hybridized carbons (Fsp3) is 0.235. The highest BCUT2D eigenvalue weighted by atomic mass is 127. The van der Waals surface area contributed by atoms with Crippen LogP contribution >= 0.6 is 22.6 Å². The molecule has 0 bridgehead atoms. The topological polar surface area (TPSA) is 38.3 Å². The average molecular weight is 395 g/mol. The van der Waals surface area contributed by atoms with Crippen LogP contribution in [0.3, 0.4) is 0 Å². The predicted octanol–water partition coefficient (Wildman–Crippen LogP) is 4.64. The maximum Gasteiger partial charge on any atom is 0.255 e. The van der Waals surface area contributed by atoms with E-state index in [4.69, 9.17) is 4.74 Å². The summed E-state index contributed by atoms with van der Waals surface area (Å²) in [5, 5.41) is 2.90. The molecule has 0 aliphatic carbocycles. The summed E-state index contributed by atoms with van der Waals surface area (Å²) in [6, 6.07) is 13.0. The van der Waals surface area contributed by atoms with Crippen LogP contribution in [0.25, 0.3) is 0 Å². The summed E-state index contributed by atoms with van der Waals surface area (Å²) in [5.41, 5.74) is 2.61.